The van der Waals surface area contributed by atoms with E-state index < -0.39 is 43.0 Å². The SMILES string of the molecule is C=CC[SiH](C)O[Si](C)(C)O[Si](C)(C)O[Si](C)(C)O[Si](C)(C)C. The van der Waals surface area contributed by atoms with Gasteiger partial charge in [0.15, 0.2) is 17.4 Å². The second-order valence-electron chi connectivity index (χ2n) is 8.07. The second kappa shape index (κ2) is 8.16. The Morgan fingerprint density at radius 2 is 1.18 bits per heavy atom. The molecular formula is C13H36O4Si5. The van der Waals surface area contributed by atoms with Gasteiger partial charge in [-0.2, -0.15) is 0 Å². The van der Waals surface area contributed by atoms with E-state index in [0.717, 1.165) is 6.04 Å². The van der Waals surface area contributed by atoms with Crippen molar-refractivity contribution in [3.8, 4) is 0 Å². The summed E-state index contributed by atoms with van der Waals surface area (Å²) >= 11 is 0. The van der Waals surface area contributed by atoms with Crippen molar-refractivity contribution in [2.45, 2.75) is 71.5 Å². The summed E-state index contributed by atoms with van der Waals surface area (Å²) in [5, 5.41) is 0. The Balaban J connectivity index is 4.76. The van der Waals surface area contributed by atoms with Crippen LogP contribution in [0.4, 0.5) is 0 Å². The molecule has 0 aliphatic heterocycles. The molecule has 0 aromatic carbocycles. The third kappa shape index (κ3) is 11.2. The molecule has 0 aromatic heterocycles. The maximum absolute atomic E-state index is 6.40. The highest BCUT2D eigenvalue weighted by Crippen LogP contribution is 2.24. The van der Waals surface area contributed by atoms with Gasteiger partial charge in [-0.15, -0.1) is 6.58 Å². The Bertz CT molecular complexity index is 366. The van der Waals surface area contributed by atoms with Crippen LogP contribution >= 0.6 is 0 Å². The number of hydrogen-bond acceptors (Lipinski definition) is 4. The van der Waals surface area contributed by atoms with Crippen LogP contribution in [0.15, 0.2) is 12.7 Å². The van der Waals surface area contributed by atoms with Gasteiger partial charge in [0.25, 0.3) is 0 Å². The number of allylic oxidation sites excluding steroid dienone is 1. The molecule has 0 spiro atoms. The zero-order chi connectivity index (χ0) is 17.8. The van der Waals surface area contributed by atoms with Crippen molar-refractivity contribution < 1.29 is 16.5 Å². The molecule has 0 saturated heterocycles. The van der Waals surface area contributed by atoms with Crippen molar-refractivity contribution in [2.75, 3.05) is 0 Å². The van der Waals surface area contributed by atoms with Crippen LogP contribution in [0.25, 0.3) is 0 Å². The molecule has 0 heterocycles. The van der Waals surface area contributed by atoms with Crippen molar-refractivity contribution in [3.63, 3.8) is 0 Å². The Morgan fingerprint density at radius 3 is 1.59 bits per heavy atom. The van der Waals surface area contributed by atoms with Gasteiger partial charge in [0.1, 0.15) is 0 Å². The lowest BCUT2D eigenvalue weighted by Crippen LogP contribution is -2.57. The van der Waals surface area contributed by atoms with Crippen molar-refractivity contribution >= 4 is 43.0 Å². The molecule has 0 fully saturated rings. The first-order valence-corrected chi connectivity index (χ1v) is 22.3. The first-order chi connectivity index (χ1) is 9.58. The van der Waals surface area contributed by atoms with Gasteiger partial charge in [-0.1, -0.05) is 6.08 Å². The molecule has 0 amide bonds. The molecule has 0 aliphatic carbocycles. The van der Waals surface area contributed by atoms with Crippen molar-refractivity contribution in [3.05, 3.63) is 12.7 Å². The van der Waals surface area contributed by atoms with Gasteiger partial charge in [-0.25, -0.2) is 0 Å². The quantitative estimate of drug-likeness (QED) is 0.401. The average Bonchev–Trinajstić information content (AvgIpc) is 2.06. The number of rotatable bonds is 10. The van der Waals surface area contributed by atoms with Gasteiger partial charge in [-0.3, -0.25) is 0 Å². The van der Waals surface area contributed by atoms with Crippen LogP contribution in [0.5, 0.6) is 0 Å². The first kappa shape index (κ1) is 22.7. The summed E-state index contributed by atoms with van der Waals surface area (Å²) in [6, 6.07) is 0.974. The topological polar surface area (TPSA) is 36.9 Å². The highest BCUT2D eigenvalue weighted by Gasteiger charge is 2.43. The van der Waals surface area contributed by atoms with E-state index in [-0.39, 0.29) is 0 Å². The smallest absolute Gasteiger partial charge is 0.314 e. The predicted octanol–water partition coefficient (Wildman–Crippen LogP) is 4.53. The minimum absolute atomic E-state index is 0.974. The molecule has 0 radical (unpaired) electrons. The van der Waals surface area contributed by atoms with E-state index in [4.69, 9.17) is 16.5 Å². The lowest BCUT2D eigenvalue weighted by molar-refractivity contribution is 0.302. The fourth-order valence-corrected chi connectivity index (χ4v) is 24.6. The van der Waals surface area contributed by atoms with Crippen molar-refractivity contribution in [1.29, 1.82) is 0 Å². The van der Waals surface area contributed by atoms with Crippen LogP contribution in [0.2, 0.25) is 71.5 Å². The zero-order valence-corrected chi connectivity index (χ0v) is 21.4. The maximum atomic E-state index is 6.40. The molecule has 0 aromatic rings. The van der Waals surface area contributed by atoms with E-state index in [1.165, 1.54) is 0 Å². The fourth-order valence-electron chi connectivity index (χ4n) is 2.75. The highest BCUT2D eigenvalue weighted by atomic mass is 28.5. The zero-order valence-electron chi connectivity index (χ0n) is 16.2. The van der Waals surface area contributed by atoms with E-state index in [1.54, 1.807) is 0 Å². The number of hydrogen-bond donors (Lipinski definition) is 0. The monoisotopic (exact) mass is 396 g/mol. The Morgan fingerprint density at radius 1 is 0.773 bits per heavy atom. The van der Waals surface area contributed by atoms with Crippen molar-refractivity contribution in [1.82, 2.24) is 0 Å². The molecule has 132 valence electrons. The molecule has 0 rings (SSSR count). The molecular weight excluding hydrogens is 361 g/mol. The minimum atomic E-state index is -2.27. The summed E-state index contributed by atoms with van der Waals surface area (Å²) < 4.78 is 25.3. The molecule has 0 aliphatic rings. The van der Waals surface area contributed by atoms with E-state index in [9.17, 15) is 0 Å². The largest absolute Gasteiger partial charge is 0.439 e. The van der Waals surface area contributed by atoms with E-state index in [1.807, 2.05) is 6.08 Å². The van der Waals surface area contributed by atoms with E-state index >= 15 is 0 Å². The van der Waals surface area contributed by atoms with Crippen LogP contribution in [0.3, 0.4) is 0 Å². The molecule has 0 saturated carbocycles. The molecule has 22 heavy (non-hydrogen) atoms. The third-order valence-electron chi connectivity index (χ3n) is 2.52. The highest BCUT2D eigenvalue weighted by molar-refractivity contribution is 6.89. The van der Waals surface area contributed by atoms with E-state index in [2.05, 4.69) is 72.0 Å². The van der Waals surface area contributed by atoms with Gasteiger partial charge in [0.2, 0.25) is 0 Å². The lowest BCUT2D eigenvalue weighted by atomic mass is 10.8. The Hall–Kier alpha value is 0.664. The average molecular weight is 397 g/mol. The summed E-state index contributed by atoms with van der Waals surface area (Å²) in [5.74, 6) is 0. The van der Waals surface area contributed by atoms with Crippen LogP contribution in [-0.2, 0) is 16.5 Å². The van der Waals surface area contributed by atoms with Crippen molar-refractivity contribution in [2.24, 2.45) is 0 Å². The fraction of sp³-hybridized carbons (Fsp3) is 0.846. The van der Waals surface area contributed by atoms with Crippen LogP contribution in [0.1, 0.15) is 0 Å². The molecule has 9 heteroatoms. The predicted molar refractivity (Wildman–Crippen MR) is 108 cm³/mol. The maximum Gasteiger partial charge on any atom is 0.314 e. The standard InChI is InChI=1S/C13H36O4Si5/c1-12-13-18(2)14-20(6,7)16-22(10,11)17-21(8,9)15-19(3,4)5/h12,18H,1,13H2,2-11H3. The van der Waals surface area contributed by atoms with Crippen LogP contribution < -0.4 is 0 Å². The molecule has 1 unspecified atom stereocenters. The van der Waals surface area contributed by atoms with Crippen LogP contribution in [-0.4, -0.2) is 43.0 Å². The van der Waals surface area contributed by atoms with Gasteiger partial charge in [-0.05, 0) is 71.5 Å². The summed E-state index contributed by atoms with van der Waals surface area (Å²) in [4.78, 5) is 0. The molecule has 0 N–H and O–H groups in total. The van der Waals surface area contributed by atoms with Gasteiger partial charge in [0.05, 0.1) is 0 Å². The third-order valence-corrected chi connectivity index (χ3v) is 19.7. The van der Waals surface area contributed by atoms with Gasteiger partial charge >= 0.3 is 25.7 Å². The Labute approximate surface area is 143 Å². The summed E-state index contributed by atoms with van der Waals surface area (Å²) in [5.41, 5.74) is 0. The van der Waals surface area contributed by atoms with Gasteiger partial charge in [0, 0.05) is 0 Å². The molecule has 1 atom stereocenters. The normalized spacial score (nSPS) is 15.7. The first-order valence-electron chi connectivity index (χ1n) is 7.97. The summed E-state index contributed by atoms with van der Waals surface area (Å²) in [6.45, 7) is 25.3. The van der Waals surface area contributed by atoms with E-state index in [0.29, 0.717) is 0 Å². The minimum Gasteiger partial charge on any atom is -0.439 e. The molecule has 0 bridgehead atoms. The second-order valence-corrected chi connectivity index (χ2v) is 26.2. The lowest BCUT2D eigenvalue weighted by Gasteiger charge is -2.40. The summed E-state index contributed by atoms with van der Waals surface area (Å²) in [6.07, 6.45) is 1.94. The van der Waals surface area contributed by atoms with Gasteiger partial charge < -0.3 is 16.5 Å². The Kier molecular flexibility index (Phi) is 8.41. The molecule has 4 nitrogen and oxygen atoms in total. The van der Waals surface area contributed by atoms with Crippen LogP contribution in [0, 0.1) is 0 Å². The summed E-state index contributed by atoms with van der Waals surface area (Å²) in [7, 11) is -9.45.